The molecule has 6 heteroatoms. The Labute approximate surface area is 176 Å². The van der Waals surface area contributed by atoms with Gasteiger partial charge >= 0.3 is 0 Å². The SMILES string of the molecule is Cc1ccc(-n2cccc2C2C(c3ccccn3)NC(=S)N2C2CCCC2)nc1. The summed E-state index contributed by atoms with van der Waals surface area (Å²) in [5, 5.41) is 4.42. The van der Waals surface area contributed by atoms with Crippen molar-refractivity contribution >= 4 is 17.3 Å². The molecule has 0 spiro atoms. The Kier molecular flexibility index (Phi) is 4.79. The fourth-order valence-electron chi connectivity index (χ4n) is 4.70. The molecule has 148 valence electrons. The van der Waals surface area contributed by atoms with E-state index in [1.165, 1.54) is 31.4 Å². The Balaban J connectivity index is 1.61. The molecular weight excluding hydrogens is 378 g/mol. The molecule has 0 aromatic carbocycles. The third kappa shape index (κ3) is 3.31. The molecule has 5 rings (SSSR count). The Hall–Kier alpha value is -2.73. The molecule has 0 radical (unpaired) electrons. The van der Waals surface area contributed by atoms with Crippen LogP contribution < -0.4 is 5.32 Å². The molecule has 0 bridgehead atoms. The Morgan fingerprint density at radius 2 is 1.90 bits per heavy atom. The normalized spacial score (nSPS) is 22.2. The van der Waals surface area contributed by atoms with Gasteiger partial charge in [-0.3, -0.25) is 4.98 Å². The first-order chi connectivity index (χ1) is 14.2. The van der Waals surface area contributed by atoms with Crippen LogP contribution in [0.1, 0.15) is 54.7 Å². The van der Waals surface area contributed by atoms with Crippen molar-refractivity contribution in [2.45, 2.75) is 50.7 Å². The molecule has 1 saturated heterocycles. The first kappa shape index (κ1) is 18.3. The summed E-state index contributed by atoms with van der Waals surface area (Å²) in [6.07, 6.45) is 10.8. The molecule has 3 aromatic rings. The molecule has 4 heterocycles. The summed E-state index contributed by atoms with van der Waals surface area (Å²) in [7, 11) is 0. The van der Waals surface area contributed by atoms with E-state index < -0.39 is 0 Å². The number of rotatable bonds is 4. The predicted molar refractivity (Wildman–Crippen MR) is 118 cm³/mol. The third-order valence-corrected chi connectivity index (χ3v) is 6.41. The van der Waals surface area contributed by atoms with E-state index in [4.69, 9.17) is 12.2 Å². The lowest BCUT2D eigenvalue weighted by Crippen LogP contribution is -2.38. The summed E-state index contributed by atoms with van der Waals surface area (Å²) >= 11 is 5.84. The molecule has 0 amide bonds. The van der Waals surface area contributed by atoms with Gasteiger partial charge in [-0.1, -0.05) is 25.0 Å². The number of thiocarbonyl (C=S) groups is 1. The highest BCUT2D eigenvalue weighted by molar-refractivity contribution is 7.80. The standard InChI is InChI=1S/C23H25N5S/c1-16-11-12-20(25-15-16)27-14-6-10-19(27)22-21(18-9-4-5-13-24-18)26-23(29)28(22)17-7-2-3-8-17/h4-6,9-15,17,21-22H,2-3,7-8H2,1H3,(H,26,29). The van der Waals surface area contributed by atoms with Gasteiger partial charge in [-0.2, -0.15) is 0 Å². The summed E-state index contributed by atoms with van der Waals surface area (Å²) in [5.41, 5.74) is 3.37. The van der Waals surface area contributed by atoms with Crippen molar-refractivity contribution in [2.75, 3.05) is 0 Å². The number of nitrogens with zero attached hydrogens (tertiary/aromatic N) is 4. The third-order valence-electron chi connectivity index (χ3n) is 6.08. The first-order valence-corrected chi connectivity index (χ1v) is 10.7. The van der Waals surface area contributed by atoms with Crippen LogP contribution in [0.2, 0.25) is 0 Å². The molecule has 29 heavy (non-hydrogen) atoms. The number of hydrogen-bond acceptors (Lipinski definition) is 3. The number of nitrogens with one attached hydrogen (secondary N) is 1. The van der Waals surface area contributed by atoms with Crippen molar-refractivity contribution in [3.05, 3.63) is 78.0 Å². The van der Waals surface area contributed by atoms with E-state index in [0.29, 0.717) is 6.04 Å². The number of aryl methyl sites for hydroxylation is 1. The van der Waals surface area contributed by atoms with Gasteiger partial charge in [-0.25, -0.2) is 4.98 Å². The molecule has 2 atom stereocenters. The second kappa shape index (κ2) is 7.59. The predicted octanol–water partition coefficient (Wildman–Crippen LogP) is 4.49. The van der Waals surface area contributed by atoms with Crippen LogP contribution in [-0.2, 0) is 0 Å². The molecular formula is C23H25N5S. The Morgan fingerprint density at radius 3 is 2.62 bits per heavy atom. The topological polar surface area (TPSA) is 46.0 Å². The lowest BCUT2D eigenvalue weighted by Gasteiger charge is -2.33. The van der Waals surface area contributed by atoms with Crippen molar-refractivity contribution in [1.82, 2.24) is 24.8 Å². The van der Waals surface area contributed by atoms with Crippen molar-refractivity contribution in [2.24, 2.45) is 0 Å². The van der Waals surface area contributed by atoms with Gasteiger partial charge < -0.3 is 14.8 Å². The largest absolute Gasteiger partial charge is 0.352 e. The smallest absolute Gasteiger partial charge is 0.170 e. The van der Waals surface area contributed by atoms with E-state index in [1.54, 1.807) is 0 Å². The molecule has 2 unspecified atom stereocenters. The van der Waals surface area contributed by atoms with E-state index >= 15 is 0 Å². The molecule has 1 aliphatic heterocycles. The van der Waals surface area contributed by atoms with Crippen LogP contribution in [0.5, 0.6) is 0 Å². The van der Waals surface area contributed by atoms with Gasteiger partial charge in [0.15, 0.2) is 5.11 Å². The molecule has 5 nitrogen and oxygen atoms in total. The monoisotopic (exact) mass is 403 g/mol. The second-order valence-corrected chi connectivity index (χ2v) is 8.36. The maximum Gasteiger partial charge on any atom is 0.170 e. The number of hydrogen-bond donors (Lipinski definition) is 1. The average molecular weight is 404 g/mol. The minimum atomic E-state index is 0.0170. The molecule has 2 aliphatic rings. The van der Waals surface area contributed by atoms with Crippen molar-refractivity contribution in [1.29, 1.82) is 0 Å². The minimum absolute atomic E-state index is 0.0170. The van der Waals surface area contributed by atoms with Crippen LogP contribution in [0.15, 0.2) is 61.1 Å². The molecule has 1 N–H and O–H groups in total. The van der Waals surface area contributed by atoms with E-state index in [1.807, 2.05) is 24.5 Å². The van der Waals surface area contributed by atoms with Gasteiger partial charge in [0.2, 0.25) is 0 Å². The molecule has 1 saturated carbocycles. The first-order valence-electron chi connectivity index (χ1n) is 10.3. The summed E-state index contributed by atoms with van der Waals surface area (Å²) in [5.74, 6) is 0.930. The fourth-order valence-corrected chi connectivity index (χ4v) is 5.09. The maximum atomic E-state index is 5.84. The molecule has 3 aromatic heterocycles. The zero-order valence-electron chi connectivity index (χ0n) is 16.5. The molecule has 1 aliphatic carbocycles. The van der Waals surface area contributed by atoms with E-state index in [0.717, 1.165) is 22.2 Å². The zero-order valence-corrected chi connectivity index (χ0v) is 17.3. The van der Waals surface area contributed by atoms with Crippen molar-refractivity contribution in [3.63, 3.8) is 0 Å². The average Bonchev–Trinajstić information content (AvgIpc) is 3.48. The van der Waals surface area contributed by atoms with Crippen LogP contribution in [-0.4, -0.2) is 30.6 Å². The summed E-state index contributed by atoms with van der Waals surface area (Å²) < 4.78 is 2.19. The van der Waals surface area contributed by atoms with Crippen LogP contribution in [0.3, 0.4) is 0 Å². The minimum Gasteiger partial charge on any atom is -0.352 e. The number of aromatic nitrogens is 3. The van der Waals surface area contributed by atoms with Gasteiger partial charge in [0.05, 0.1) is 17.8 Å². The number of pyridine rings is 2. The van der Waals surface area contributed by atoms with Crippen LogP contribution in [0.25, 0.3) is 5.82 Å². The Morgan fingerprint density at radius 1 is 1.03 bits per heavy atom. The van der Waals surface area contributed by atoms with Crippen LogP contribution >= 0.6 is 12.2 Å². The van der Waals surface area contributed by atoms with Crippen molar-refractivity contribution in [3.8, 4) is 5.82 Å². The van der Waals surface area contributed by atoms with Gasteiger partial charge in [-0.05, 0) is 67.9 Å². The van der Waals surface area contributed by atoms with E-state index in [9.17, 15) is 0 Å². The summed E-state index contributed by atoms with van der Waals surface area (Å²) in [4.78, 5) is 11.8. The highest BCUT2D eigenvalue weighted by Gasteiger charge is 2.44. The van der Waals surface area contributed by atoms with E-state index in [-0.39, 0.29) is 12.1 Å². The highest BCUT2D eigenvalue weighted by Crippen LogP contribution is 2.43. The van der Waals surface area contributed by atoms with E-state index in [2.05, 4.69) is 68.2 Å². The van der Waals surface area contributed by atoms with Crippen LogP contribution in [0.4, 0.5) is 0 Å². The van der Waals surface area contributed by atoms with Crippen molar-refractivity contribution < 1.29 is 0 Å². The highest BCUT2D eigenvalue weighted by atomic mass is 32.1. The zero-order chi connectivity index (χ0) is 19.8. The fraction of sp³-hybridized carbons (Fsp3) is 0.348. The lowest BCUT2D eigenvalue weighted by atomic mass is 9.99. The van der Waals surface area contributed by atoms with Gasteiger partial charge in [0.25, 0.3) is 0 Å². The molecule has 2 fully saturated rings. The van der Waals surface area contributed by atoms with Gasteiger partial charge in [0, 0.05) is 30.3 Å². The lowest BCUT2D eigenvalue weighted by molar-refractivity contribution is 0.239. The summed E-state index contributed by atoms with van der Waals surface area (Å²) in [6.45, 7) is 2.06. The Bertz CT molecular complexity index is 992. The van der Waals surface area contributed by atoms with Gasteiger partial charge in [-0.15, -0.1) is 0 Å². The summed E-state index contributed by atoms with van der Waals surface area (Å²) in [6, 6.07) is 15.1. The quantitative estimate of drug-likeness (QED) is 0.650. The van der Waals surface area contributed by atoms with Gasteiger partial charge in [0.1, 0.15) is 5.82 Å². The second-order valence-electron chi connectivity index (χ2n) is 7.97. The van der Waals surface area contributed by atoms with Crippen LogP contribution in [0, 0.1) is 6.92 Å². The maximum absolute atomic E-state index is 5.84.